The SMILES string of the molecule is COc1ccc(C(=O)Nc2ccc(NC(=O)c3ccc(C(C)(C)C)cc3)cc2)cc1OC. The van der Waals surface area contributed by atoms with Crippen molar-refractivity contribution in [3.05, 3.63) is 83.4 Å². The molecule has 0 aliphatic carbocycles. The highest BCUT2D eigenvalue weighted by molar-refractivity contribution is 6.06. The van der Waals surface area contributed by atoms with Crippen molar-refractivity contribution in [3.63, 3.8) is 0 Å². The van der Waals surface area contributed by atoms with Crippen molar-refractivity contribution >= 4 is 23.2 Å². The number of benzene rings is 3. The number of anilines is 2. The molecule has 0 aliphatic heterocycles. The molecule has 0 unspecified atom stereocenters. The van der Waals surface area contributed by atoms with Gasteiger partial charge in [-0.3, -0.25) is 9.59 Å². The van der Waals surface area contributed by atoms with E-state index >= 15 is 0 Å². The van der Waals surface area contributed by atoms with Crippen LogP contribution in [0.3, 0.4) is 0 Å². The van der Waals surface area contributed by atoms with Crippen molar-refractivity contribution in [1.29, 1.82) is 0 Å². The Morgan fingerprint density at radius 3 is 1.59 bits per heavy atom. The highest BCUT2D eigenvalue weighted by Crippen LogP contribution is 2.28. The van der Waals surface area contributed by atoms with Gasteiger partial charge in [0.1, 0.15) is 0 Å². The van der Waals surface area contributed by atoms with Crippen LogP contribution in [0.15, 0.2) is 66.7 Å². The molecular formula is C26H28N2O4. The van der Waals surface area contributed by atoms with Gasteiger partial charge in [0.2, 0.25) is 0 Å². The van der Waals surface area contributed by atoms with Gasteiger partial charge in [-0.1, -0.05) is 32.9 Å². The molecular weight excluding hydrogens is 404 g/mol. The molecule has 0 spiro atoms. The van der Waals surface area contributed by atoms with Crippen molar-refractivity contribution < 1.29 is 19.1 Å². The molecule has 0 fully saturated rings. The van der Waals surface area contributed by atoms with Crippen LogP contribution in [0.1, 0.15) is 47.1 Å². The fraction of sp³-hybridized carbons (Fsp3) is 0.231. The third kappa shape index (κ3) is 5.46. The van der Waals surface area contributed by atoms with Gasteiger partial charge in [0.15, 0.2) is 11.5 Å². The Bertz CT molecular complexity index is 1100. The van der Waals surface area contributed by atoms with Crippen molar-refractivity contribution in [2.75, 3.05) is 24.9 Å². The Morgan fingerprint density at radius 2 is 1.12 bits per heavy atom. The lowest BCUT2D eigenvalue weighted by Gasteiger charge is -2.19. The van der Waals surface area contributed by atoms with Crippen molar-refractivity contribution in [2.45, 2.75) is 26.2 Å². The van der Waals surface area contributed by atoms with Crippen LogP contribution in [0.5, 0.6) is 11.5 Å². The molecule has 0 aromatic heterocycles. The molecule has 0 aliphatic rings. The van der Waals surface area contributed by atoms with Crippen LogP contribution >= 0.6 is 0 Å². The number of carbonyl (C=O) groups is 2. The molecule has 32 heavy (non-hydrogen) atoms. The zero-order valence-corrected chi connectivity index (χ0v) is 19.0. The second kappa shape index (κ2) is 9.56. The summed E-state index contributed by atoms with van der Waals surface area (Å²) in [6, 6.07) is 19.5. The molecule has 0 saturated carbocycles. The molecule has 0 saturated heterocycles. The van der Waals surface area contributed by atoms with Gasteiger partial charge in [-0.2, -0.15) is 0 Å². The fourth-order valence-electron chi connectivity index (χ4n) is 3.14. The second-order valence-corrected chi connectivity index (χ2v) is 8.38. The van der Waals surface area contributed by atoms with Gasteiger partial charge in [0.05, 0.1) is 14.2 Å². The van der Waals surface area contributed by atoms with Gasteiger partial charge < -0.3 is 20.1 Å². The van der Waals surface area contributed by atoms with Gasteiger partial charge >= 0.3 is 0 Å². The molecule has 2 amide bonds. The highest BCUT2D eigenvalue weighted by Gasteiger charge is 2.15. The molecule has 3 aromatic rings. The molecule has 6 nitrogen and oxygen atoms in total. The predicted octanol–water partition coefficient (Wildman–Crippen LogP) is 5.51. The quantitative estimate of drug-likeness (QED) is 0.539. The largest absolute Gasteiger partial charge is 0.493 e. The molecule has 0 atom stereocenters. The molecule has 166 valence electrons. The molecule has 0 radical (unpaired) electrons. The van der Waals surface area contributed by atoms with Gasteiger partial charge in [-0.25, -0.2) is 0 Å². The third-order valence-electron chi connectivity index (χ3n) is 5.06. The standard InChI is InChI=1S/C26H28N2O4/c1-26(2,3)19-9-6-17(7-10-19)24(29)27-20-11-13-21(14-12-20)28-25(30)18-8-15-22(31-4)23(16-18)32-5/h6-16H,1-5H3,(H,27,29)(H,28,30). The zero-order valence-electron chi connectivity index (χ0n) is 19.0. The lowest BCUT2D eigenvalue weighted by atomic mass is 9.87. The number of nitrogens with one attached hydrogen (secondary N) is 2. The maximum absolute atomic E-state index is 12.6. The minimum atomic E-state index is -0.276. The zero-order chi connectivity index (χ0) is 23.3. The van der Waals surface area contributed by atoms with E-state index in [1.807, 2.05) is 24.3 Å². The predicted molar refractivity (Wildman–Crippen MR) is 127 cm³/mol. The van der Waals surface area contributed by atoms with Crippen LogP contribution in [0.4, 0.5) is 11.4 Å². The summed E-state index contributed by atoms with van der Waals surface area (Å²) in [6.45, 7) is 6.40. The highest BCUT2D eigenvalue weighted by atomic mass is 16.5. The van der Waals surface area contributed by atoms with E-state index in [4.69, 9.17) is 9.47 Å². The summed E-state index contributed by atoms with van der Waals surface area (Å²) in [6.07, 6.45) is 0. The Kier molecular flexibility index (Phi) is 6.83. The summed E-state index contributed by atoms with van der Waals surface area (Å²) in [5.41, 5.74) is 3.48. The van der Waals surface area contributed by atoms with E-state index in [-0.39, 0.29) is 17.2 Å². The Labute approximate surface area is 188 Å². The van der Waals surface area contributed by atoms with Gasteiger partial charge in [-0.15, -0.1) is 0 Å². The number of hydrogen-bond acceptors (Lipinski definition) is 4. The van der Waals surface area contributed by atoms with Crippen molar-refractivity contribution in [1.82, 2.24) is 0 Å². The van der Waals surface area contributed by atoms with Crippen LogP contribution in [0.2, 0.25) is 0 Å². The first-order chi connectivity index (χ1) is 15.2. The van der Waals surface area contributed by atoms with Crippen LogP contribution in [0.25, 0.3) is 0 Å². The number of methoxy groups -OCH3 is 2. The summed E-state index contributed by atoms with van der Waals surface area (Å²) in [5, 5.41) is 5.71. The summed E-state index contributed by atoms with van der Waals surface area (Å²) >= 11 is 0. The Hall–Kier alpha value is -3.80. The topological polar surface area (TPSA) is 76.7 Å². The van der Waals surface area contributed by atoms with E-state index < -0.39 is 0 Å². The second-order valence-electron chi connectivity index (χ2n) is 8.38. The maximum Gasteiger partial charge on any atom is 0.255 e. The summed E-state index contributed by atoms with van der Waals surface area (Å²) in [4.78, 5) is 25.1. The molecule has 3 rings (SSSR count). The van der Waals surface area contributed by atoms with Crippen LogP contribution in [0, 0.1) is 0 Å². The first-order valence-corrected chi connectivity index (χ1v) is 10.3. The van der Waals surface area contributed by atoms with E-state index in [1.54, 1.807) is 49.6 Å². The summed E-state index contributed by atoms with van der Waals surface area (Å²) in [7, 11) is 3.06. The van der Waals surface area contributed by atoms with Gasteiger partial charge in [-0.05, 0) is 65.6 Å². The van der Waals surface area contributed by atoms with Gasteiger partial charge in [0.25, 0.3) is 11.8 Å². The van der Waals surface area contributed by atoms with Gasteiger partial charge in [0, 0.05) is 22.5 Å². The third-order valence-corrected chi connectivity index (χ3v) is 5.06. The average Bonchev–Trinajstić information content (AvgIpc) is 2.79. The Balaban J connectivity index is 1.63. The normalized spacial score (nSPS) is 10.9. The van der Waals surface area contributed by atoms with E-state index in [9.17, 15) is 9.59 Å². The van der Waals surface area contributed by atoms with Crippen molar-refractivity contribution in [2.24, 2.45) is 0 Å². The van der Waals surface area contributed by atoms with E-state index in [0.29, 0.717) is 34.0 Å². The first-order valence-electron chi connectivity index (χ1n) is 10.3. The van der Waals surface area contributed by atoms with E-state index in [1.165, 1.54) is 12.7 Å². The molecule has 0 bridgehead atoms. The number of rotatable bonds is 6. The van der Waals surface area contributed by atoms with Crippen LogP contribution < -0.4 is 20.1 Å². The Morgan fingerprint density at radius 1 is 0.656 bits per heavy atom. The molecule has 2 N–H and O–H groups in total. The minimum absolute atomic E-state index is 0.0339. The fourth-order valence-corrected chi connectivity index (χ4v) is 3.14. The summed E-state index contributed by atoms with van der Waals surface area (Å²) < 4.78 is 10.4. The van der Waals surface area contributed by atoms with E-state index in [0.717, 1.165) is 0 Å². The summed E-state index contributed by atoms with van der Waals surface area (Å²) in [5.74, 6) is 0.570. The smallest absolute Gasteiger partial charge is 0.255 e. The van der Waals surface area contributed by atoms with E-state index in [2.05, 4.69) is 31.4 Å². The molecule has 0 heterocycles. The lowest BCUT2D eigenvalue weighted by molar-refractivity contribution is 0.101. The van der Waals surface area contributed by atoms with Crippen LogP contribution in [-0.4, -0.2) is 26.0 Å². The number of amides is 2. The maximum atomic E-state index is 12.6. The number of carbonyl (C=O) groups excluding carboxylic acids is 2. The van der Waals surface area contributed by atoms with Crippen molar-refractivity contribution in [3.8, 4) is 11.5 Å². The minimum Gasteiger partial charge on any atom is -0.493 e. The first kappa shape index (κ1) is 22.9. The number of hydrogen-bond donors (Lipinski definition) is 2. The van der Waals surface area contributed by atoms with Crippen LogP contribution in [-0.2, 0) is 5.41 Å². The molecule has 3 aromatic carbocycles. The molecule has 6 heteroatoms. The monoisotopic (exact) mass is 432 g/mol. The number of ether oxygens (including phenoxy) is 2. The lowest BCUT2D eigenvalue weighted by Crippen LogP contribution is -2.14. The average molecular weight is 433 g/mol.